The normalized spacial score (nSPS) is 15.9. The fraction of sp³-hybridized carbons (Fsp3) is 0.200. The van der Waals surface area contributed by atoms with Crippen LogP contribution in [0.5, 0.6) is 17.6 Å². The maximum absolute atomic E-state index is 14.8. The van der Waals surface area contributed by atoms with E-state index in [9.17, 15) is 13.6 Å². The van der Waals surface area contributed by atoms with E-state index in [1.54, 1.807) is 32.0 Å². The van der Waals surface area contributed by atoms with Crippen molar-refractivity contribution in [2.24, 2.45) is 0 Å². The summed E-state index contributed by atoms with van der Waals surface area (Å²) in [5.41, 5.74) is 0.986. The number of carbonyl (C=O) groups excluding carboxylic acids is 1. The van der Waals surface area contributed by atoms with Gasteiger partial charge in [0.05, 0.1) is 24.3 Å². The van der Waals surface area contributed by atoms with E-state index in [0.717, 1.165) is 6.07 Å². The molecule has 144 valence electrons. The van der Waals surface area contributed by atoms with Gasteiger partial charge in [-0.1, -0.05) is 18.2 Å². The van der Waals surface area contributed by atoms with E-state index < -0.39 is 23.8 Å². The summed E-state index contributed by atoms with van der Waals surface area (Å²) in [4.78, 5) is 17.6. The van der Waals surface area contributed by atoms with Crippen molar-refractivity contribution in [3.63, 3.8) is 0 Å². The van der Waals surface area contributed by atoms with Crippen molar-refractivity contribution in [3.05, 3.63) is 71.1 Å². The van der Waals surface area contributed by atoms with Gasteiger partial charge < -0.3 is 13.9 Å². The Balaban J connectivity index is 1.64. The molecule has 28 heavy (non-hydrogen) atoms. The number of aryl methyl sites for hydroxylation is 1. The average Bonchev–Trinajstić information content (AvgIpc) is 3.14. The van der Waals surface area contributed by atoms with Crippen LogP contribution in [-0.2, 0) is 6.54 Å². The second-order valence-corrected chi connectivity index (χ2v) is 6.44. The molecular weight excluding hydrogens is 370 g/mol. The number of halogens is 2. The van der Waals surface area contributed by atoms with Crippen LogP contribution >= 0.6 is 0 Å². The maximum atomic E-state index is 14.8. The third-order valence-electron chi connectivity index (χ3n) is 4.61. The Labute approximate surface area is 159 Å². The fourth-order valence-corrected chi connectivity index (χ4v) is 3.16. The van der Waals surface area contributed by atoms with Crippen LogP contribution in [0.3, 0.4) is 0 Å². The van der Waals surface area contributed by atoms with Gasteiger partial charge in [-0.3, -0.25) is 4.90 Å². The average molecular weight is 386 g/mol. The van der Waals surface area contributed by atoms with Crippen LogP contribution in [0.1, 0.15) is 29.7 Å². The molecule has 0 fully saturated rings. The highest BCUT2D eigenvalue weighted by Gasteiger charge is 2.35. The standard InChI is InChI=1S/C20H16F2N2O4/c1-11-4-3-5-13(18(11)22)10-24-12(2)17-15(21)8-14(9-16(17)28-20(24)25)27-19-23-6-7-26-19/h3-9,12H,10H2,1-2H3/t12-/m0/s1. The first-order valence-electron chi connectivity index (χ1n) is 8.57. The molecular formula is C20H16F2N2O4. The summed E-state index contributed by atoms with van der Waals surface area (Å²) < 4.78 is 44.7. The quantitative estimate of drug-likeness (QED) is 0.622. The molecule has 1 aromatic heterocycles. The Morgan fingerprint density at radius 3 is 2.86 bits per heavy atom. The first-order chi connectivity index (χ1) is 13.4. The van der Waals surface area contributed by atoms with E-state index in [1.165, 1.54) is 23.4 Å². The maximum Gasteiger partial charge on any atom is 0.416 e. The fourth-order valence-electron chi connectivity index (χ4n) is 3.16. The number of nitrogens with zero attached hydrogens (tertiary/aromatic N) is 2. The predicted octanol–water partition coefficient (Wildman–Crippen LogP) is 5.13. The third kappa shape index (κ3) is 3.17. The summed E-state index contributed by atoms with van der Waals surface area (Å²) in [7, 11) is 0. The molecule has 1 atom stereocenters. The minimum atomic E-state index is -0.700. The molecule has 0 spiro atoms. The van der Waals surface area contributed by atoms with E-state index in [0.29, 0.717) is 11.1 Å². The van der Waals surface area contributed by atoms with Gasteiger partial charge in [-0.05, 0) is 19.4 Å². The lowest BCUT2D eigenvalue weighted by atomic mass is 10.0. The molecule has 1 amide bonds. The Kier molecular flexibility index (Phi) is 4.46. The summed E-state index contributed by atoms with van der Waals surface area (Å²) >= 11 is 0. The van der Waals surface area contributed by atoms with Gasteiger partial charge in [-0.15, -0.1) is 0 Å². The van der Waals surface area contributed by atoms with Gasteiger partial charge in [-0.2, -0.15) is 4.98 Å². The number of hydrogen-bond acceptors (Lipinski definition) is 5. The zero-order valence-electron chi connectivity index (χ0n) is 15.1. The minimum absolute atomic E-state index is 0.0407. The first-order valence-corrected chi connectivity index (χ1v) is 8.57. The molecule has 0 saturated carbocycles. The molecule has 0 radical (unpaired) electrons. The molecule has 1 aliphatic rings. The molecule has 0 aliphatic carbocycles. The van der Waals surface area contributed by atoms with Gasteiger partial charge in [0.15, 0.2) is 0 Å². The van der Waals surface area contributed by atoms with Gasteiger partial charge >= 0.3 is 12.2 Å². The van der Waals surface area contributed by atoms with E-state index in [4.69, 9.17) is 13.9 Å². The predicted molar refractivity (Wildman–Crippen MR) is 94.1 cm³/mol. The molecule has 0 bridgehead atoms. The second-order valence-electron chi connectivity index (χ2n) is 6.44. The molecule has 2 aromatic carbocycles. The van der Waals surface area contributed by atoms with Crippen molar-refractivity contribution < 1.29 is 27.5 Å². The molecule has 1 aliphatic heterocycles. The zero-order valence-corrected chi connectivity index (χ0v) is 15.1. The summed E-state index contributed by atoms with van der Waals surface area (Å²) in [6.45, 7) is 3.26. The number of hydrogen-bond donors (Lipinski definition) is 0. The zero-order chi connectivity index (χ0) is 19.8. The van der Waals surface area contributed by atoms with Crippen molar-refractivity contribution in [1.82, 2.24) is 9.88 Å². The van der Waals surface area contributed by atoms with Crippen molar-refractivity contribution in [2.45, 2.75) is 26.4 Å². The van der Waals surface area contributed by atoms with Gasteiger partial charge in [0.2, 0.25) is 0 Å². The van der Waals surface area contributed by atoms with Gasteiger partial charge in [0.1, 0.15) is 29.4 Å². The molecule has 0 saturated heterocycles. The highest BCUT2D eigenvalue weighted by Crippen LogP contribution is 2.40. The monoisotopic (exact) mass is 386 g/mol. The smallest absolute Gasteiger partial charge is 0.416 e. The molecule has 3 aromatic rings. The van der Waals surface area contributed by atoms with Crippen molar-refractivity contribution in [1.29, 1.82) is 0 Å². The summed E-state index contributed by atoms with van der Waals surface area (Å²) in [5.74, 6) is -0.894. The highest BCUT2D eigenvalue weighted by molar-refractivity contribution is 5.75. The van der Waals surface area contributed by atoms with Gasteiger partial charge in [0.25, 0.3) is 0 Å². The number of amides is 1. The lowest BCUT2D eigenvalue weighted by molar-refractivity contribution is 0.114. The number of fused-ring (bicyclic) bond motifs is 1. The van der Waals surface area contributed by atoms with Crippen LogP contribution in [-0.4, -0.2) is 16.0 Å². The number of oxazole rings is 1. The topological polar surface area (TPSA) is 64.8 Å². The molecule has 0 N–H and O–H groups in total. The number of rotatable bonds is 4. The van der Waals surface area contributed by atoms with E-state index in [1.807, 2.05) is 0 Å². The highest BCUT2D eigenvalue weighted by atomic mass is 19.1. The molecule has 0 unspecified atom stereocenters. The lowest BCUT2D eigenvalue weighted by Gasteiger charge is -2.34. The number of carbonyl (C=O) groups is 1. The molecule has 8 heteroatoms. The first kappa shape index (κ1) is 18.0. The summed E-state index contributed by atoms with van der Waals surface area (Å²) in [6.07, 6.45) is 1.93. The molecule has 6 nitrogen and oxygen atoms in total. The SMILES string of the molecule is Cc1cccc(CN2C(=O)Oc3cc(Oc4ncco4)cc(F)c3[C@@H]2C)c1F. The van der Waals surface area contributed by atoms with Crippen LogP contribution in [0.15, 0.2) is 47.2 Å². The van der Waals surface area contributed by atoms with Crippen molar-refractivity contribution in [2.75, 3.05) is 0 Å². The summed E-state index contributed by atoms with van der Waals surface area (Å²) in [6, 6.07) is 6.81. The third-order valence-corrected chi connectivity index (χ3v) is 4.61. The van der Waals surface area contributed by atoms with Crippen molar-refractivity contribution in [3.8, 4) is 17.6 Å². The van der Waals surface area contributed by atoms with Crippen LogP contribution in [0.25, 0.3) is 0 Å². The largest absolute Gasteiger partial charge is 0.417 e. The van der Waals surface area contributed by atoms with E-state index in [-0.39, 0.29) is 29.7 Å². The van der Waals surface area contributed by atoms with Crippen molar-refractivity contribution >= 4 is 6.09 Å². The van der Waals surface area contributed by atoms with E-state index in [2.05, 4.69) is 4.98 Å². The van der Waals surface area contributed by atoms with Gasteiger partial charge in [0, 0.05) is 17.7 Å². The lowest BCUT2D eigenvalue weighted by Crippen LogP contribution is -2.40. The molecule has 4 rings (SSSR count). The van der Waals surface area contributed by atoms with Crippen LogP contribution in [0.2, 0.25) is 0 Å². The number of benzene rings is 2. The Morgan fingerprint density at radius 1 is 1.29 bits per heavy atom. The molecule has 2 heterocycles. The minimum Gasteiger partial charge on any atom is -0.417 e. The Morgan fingerprint density at radius 2 is 2.11 bits per heavy atom. The van der Waals surface area contributed by atoms with Crippen LogP contribution < -0.4 is 9.47 Å². The van der Waals surface area contributed by atoms with Crippen LogP contribution in [0, 0.1) is 18.6 Å². The second kappa shape index (κ2) is 6.95. The van der Waals surface area contributed by atoms with Gasteiger partial charge in [-0.25, -0.2) is 13.6 Å². The Hall–Kier alpha value is -3.42. The summed E-state index contributed by atoms with van der Waals surface area (Å²) in [5, 5.41) is 0. The Bertz CT molecular complexity index is 1040. The number of ether oxygens (including phenoxy) is 2. The van der Waals surface area contributed by atoms with Crippen LogP contribution in [0.4, 0.5) is 13.6 Å². The number of aromatic nitrogens is 1. The van der Waals surface area contributed by atoms with E-state index >= 15 is 0 Å².